The number of benzene rings is 12. The number of nitrogens with two attached hydrogens (primary N) is 4. The molecule has 16 N–H and O–H groups in total. The van der Waals surface area contributed by atoms with Crippen LogP contribution in [-0.4, -0.2) is 88.9 Å². The zero-order valence-corrected chi connectivity index (χ0v) is 85.5. The van der Waals surface area contributed by atoms with Crippen LogP contribution in [0.3, 0.4) is 0 Å². The summed E-state index contributed by atoms with van der Waals surface area (Å²) < 4.78 is 7.80. The first-order chi connectivity index (χ1) is 70.4. The van der Waals surface area contributed by atoms with E-state index in [4.69, 9.17) is 34.5 Å². The number of hydrogen-bond donors (Lipinski definition) is 12. The van der Waals surface area contributed by atoms with Crippen LogP contribution >= 0.6 is 27.5 Å². The third-order valence-electron chi connectivity index (χ3n) is 26.6. The Morgan fingerprint density at radius 1 is 0.303 bits per heavy atom. The molecule has 0 aliphatic heterocycles. The second kappa shape index (κ2) is 48.0. The average Bonchev–Trinajstić information content (AvgIpc) is 1.23. The Morgan fingerprint density at radius 3 is 0.903 bits per heavy atom. The molecule has 26 heteroatoms. The fourth-order valence-corrected chi connectivity index (χ4v) is 18.6. The van der Waals surface area contributed by atoms with Crippen LogP contribution in [-0.2, 0) is 26.2 Å². The lowest BCUT2D eigenvalue weighted by Gasteiger charge is -2.22. The Hall–Kier alpha value is -14.2. The molecule has 24 nitrogen and oxygen atoms in total. The minimum Gasteiger partial charge on any atom is -0.326 e. The first-order valence-electron chi connectivity index (χ1n) is 50.1. The van der Waals surface area contributed by atoms with Crippen LogP contribution in [0, 0.1) is 72.1 Å². The van der Waals surface area contributed by atoms with Crippen molar-refractivity contribution in [1.29, 1.82) is 0 Å². The number of nitrogens with zero attached hydrogens (tertiary/aromatic N) is 8. The van der Waals surface area contributed by atoms with Crippen molar-refractivity contribution in [2.24, 2.45) is 46.6 Å². The zero-order valence-electron chi connectivity index (χ0n) is 83.2. The van der Waals surface area contributed by atoms with E-state index in [1.807, 2.05) is 204 Å². The fraction of sp³-hybridized carbons (Fsp3) is 0.261. The normalized spacial score (nSPS) is 14.0. The van der Waals surface area contributed by atoms with Crippen LogP contribution in [0.5, 0.6) is 0 Å². The quantitative estimate of drug-likeness (QED) is 0.0174. The molecule has 4 aliphatic rings. The van der Waals surface area contributed by atoms with Crippen LogP contribution < -0.4 is 65.5 Å². The lowest BCUT2D eigenvalue weighted by molar-refractivity contribution is 0.101. The summed E-state index contributed by atoms with van der Waals surface area (Å²) in [7, 11) is 0. The molecule has 0 bridgehead atoms. The highest BCUT2D eigenvalue weighted by atomic mass is 79.9. The Labute approximate surface area is 862 Å². The first kappa shape index (κ1) is 102. The van der Waals surface area contributed by atoms with E-state index in [0.29, 0.717) is 54.6 Å². The van der Waals surface area contributed by atoms with Crippen molar-refractivity contribution in [2.45, 2.75) is 150 Å². The van der Waals surface area contributed by atoms with Gasteiger partial charge in [-0.05, 0) is 361 Å². The van der Waals surface area contributed by atoms with Crippen LogP contribution in [0.2, 0.25) is 5.02 Å². The highest BCUT2D eigenvalue weighted by Gasteiger charge is 2.31. The van der Waals surface area contributed by atoms with E-state index in [2.05, 4.69) is 215 Å². The van der Waals surface area contributed by atoms with Crippen LogP contribution in [0.25, 0.3) is 22.7 Å². The molecular weight excluding hydrogens is 1890 g/mol. The molecule has 16 aromatic rings. The molecule has 145 heavy (non-hydrogen) atoms. The number of carbonyl (C=O) groups is 4. The summed E-state index contributed by atoms with van der Waals surface area (Å²) in [6.07, 6.45) is 10.3. The number of anilines is 4. The topological polar surface area (TPSA) is 340 Å². The van der Waals surface area contributed by atoms with E-state index >= 15 is 0 Å². The van der Waals surface area contributed by atoms with Gasteiger partial charge in [0, 0.05) is 58.4 Å². The van der Waals surface area contributed by atoms with E-state index < -0.39 is 0 Å². The highest BCUT2D eigenvalue weighted by Crippen LogP contribution is 2.39. The molecule has 4 heterocycles. The van der Waals surface area contributed by atoms with Gasteiger partial charge in [0.1, 0.15) is 22.8 Å². The molecule has 20 rings (SSSR count). The molecule has 4 atom stereocenters. The summed E-state index contributed by atoms with van der Waals surface area (Å²) in [6.45, 7) is 19.5. The third-order valence-corrected chi connectivity index (χ3v) is 27.8. The summed E-state index contributed by atoms with van der Waals surface area (Å²) in [4.78, 5) is 53.6. The van der Waals surface area contributed by atoms with Crippen molar-refractivity contribution in [3.63, 3.8) is 0 Å². The Bertz CT molecular complexity index is 7020. The minimum absolute atomic E-state index is 0.0288. The van der Waals surface area contributed by atoms with Gasteiger partial charge in [0.05, 0.1) is 69.7 Å². The maximum atomic E-state index is 13.4. The van der Waals surface area contributed by atoms with Crippen LogP contribution in [0.4, 0.5) is 22.7 Å². The number of amides is 4. The Balaban J connectivity index is 0.000000132. The predicted molar refractivity (Wildman–Crippen MR) is 585 cm³/mol. The second-order valence-corrected chi connectivity index (χ2v) is 39.8. The summed E-state index contributed by atoms with van der Waals surface area (Å²) in [6, 6.07) is 102. The summed E-state index contributed by atoms with van der Waals surface area (Å²) >= 11 is 10.3. The maximum absolute atomic E-state index is 13.4. The molecule has 4 fully saturated rings. The fourth-order valence-electron chi connectivity index (χ4n) is 17.9. The largest absolute Gasteiger partial charge is 0.326 e. The van der Waals surface area contributed by atoms with Gasteiger partial charge in [-0.15, -0.1) is 0 Å². The van der Waals surface area contributed by atoms with Gasteiger partial charge in [0.25, 0.3) is 23.6 Å². The van der Waals surface area contributed by atoms with Gasteiger partial charge < -0.3 is 65.5 Å². The summed E-state index contributed by atoms with van der Waals surface area (Å²) in [5.74, 6) is 2.15. The highest BCUT2D eigenvalue weighted by molar-refractivity contribution is 9.10. The first-order valence-corrected chi connectivity index (χ1v) is 51.3. The van der Waals surface area contributed by atoms with Gasteiger partial charge in [-0.3, -0.25) is 19.2 Å². The maximum Gasteiger partial charge on any atom is 0.274 e. The number of hydrogen-bond acceptors (Lipinski definition) is 16. The van der Waals surface area contributed by atoms with Crippen LogP contribution in [0.15, 0.2) is 314 Å². The predicted octanol–water partition coefficient (Wildman–Crippen LogP) is 22.3. The summed E-state index contributed by atoms with van der Waals surface area (Å²) in [5.41, 5.74) is 51.2. The number of aryl methyl sites for hydroxylation is 7. The molecular formula is C119H128BrClN20O4. The number of rotatable bonds is 36. The van der Waals surface area contributed by atoms with Gasteiger partial charge in [0.15, 0.2) is 0 Å². The Morgan fingerprint density at radius 2 is 0.586 bits per heavy atom. The lowest BCUT2D eigenvalue weighted by atomic mass is 9.94. The standard InChI is InChI=1S/C30H32BrN5O.2C30H33N5O.C29H30ClN5O/c1-19-9-12-24(16-27(19)31)29(33-18-21-10-11-21)23-6-4-7-25(15-23)34-30(37)28-13-20(2)35-36(28)26-8-3-5-22(14-26)17-32;1-20-9-13-24(14-10-20)29(32-19-22-11-12-22)25-6-4-7-26(17-25)33-30(36)28-15-21(2)34-35(28)27-8-3-5-23(16-27)18-31;1-20-7-3-4-12-27(20)29(32-19-22-13-14-22)24-9-6-10-25(17-24)33-30(36)28-15-21(2)34-35(28)26-11-5-8-23(16-26)18-31;1-19-14-27(35(34-19)24-9-4-6-21(15-24)17-31)29(36)33-23-8-5-7-22(16-23)28(32-18-20-12-13-20)25-10-2-3-11-26(25)30/h3-9,12-16,21,29,33H,10-11,17-18,32H2,1-2H3,(H,34,37);3-10,13-17,22,29,32H,11-12,18-19,31H2,1-2H3,(H,33,36);3-12,15-17,22,29,32H,13-14,18-19,31H2,1-2H3,(H,33,36);2-11,14-16,20,28,32H,12-13,17-18,31H2,1H3,(H,33,36). The van der Waals surface area contributed by atoms with Gasteiger partial charge in [-0.1, -0.05) is 209 Å². The average molecular weight is 2020 g/mol. The molecule has 4 aliphatic carbocycles. The van der Waals surface area contributed by atoms with Gasteiger partial charge in [0.2, 0.25) is 0 Å². The third kappa shape index (κ3) is 27.3. The van der Waals surface area contributed by atoms with Crippen molar-refractivity contribution in [1.82, 2.24) is 60.4 Å². The monoisotopic (exact) mass is 2010 g/mol. The molecule has 4 amide bonds. The molecule has 0 spiro atoms. The van der Waals surface area contributed by atoms with Crippen molar-refractivity contribution in [3.05, 3.63) is 448 Å². The molecule has 4 unspecified atom stereocenters. The Kier molecular flexibility index (Phi) is 33.9. The van der Waals surface area contributed by atoms with E-state index in [0.717, 1.165) is 172 Å². The van der Waals surface area contributed by atoms with Crippen molar-refractivity contribution < 1.29 is 19.2 Å². The van der Waals surface area contributed by atoms with Crippen molar-refractivity contribution in [3.8, 4) is 22.7 Å². The second-order valence-electron chi connectivity index (χ2n) is 38.6. The number of carbonyl (C=O) groups excluding carboxylic acids is 4. The van der Waals surface area contributed by atoms with E-state index in [1.165, 1.54) is 84.7 Å². The molecule has 4 aromatic heterocycles. The van der Waals surface area contributed by atoms with Crippen molar-refractivity contribution >= 4 is 73.9 Å². The van der Waals surface area contributed by atoms with Gasteiger partial charge in [-0.25, -0.2) is 18.7 Å². The number of halogens is 2. The van der Waals surface area contributed by atoms with Crippen molar-refractivity contribution in [2.75, 3.05) is 47.4 Å². The number of aromatic nitrogens is 8. The molecule has 4 saturated carbocycles. The summed E-state index contributed by atoms with van der Waals surface area (Å²) in [5, 5.41) is 46.3. The van der Waals surface area contributed by atoms with Gasteiger partial charge >= 0.3 is 0 Å². The minimum atomic E-state index is -0.230. The van der Waals surface area contributed by atoms with Crippen LogP contribution in [0.1, 0.15) is 224 Å². The smallest absolute Gasteiger partial charge is 0.274 e. The van der Waals surface area contributed by atoms with E-state index in [9.17, 15) is 19.2 Å². The van der Waals surface area contributed by atoms with E-state index in [1.54, 1.807) is 36.9 Å². The number of nitrogens with one attached hydrogen (secondary N) is 8. The molecule has 12 aromatic carbocycles. The van der Waals surface area contributed by atoms with Gasteiger partial charge in [-0.2, -0.15) is 20.4 Å². The molecule has 742 valence electrons. The zero-order chi connectivity index (χ0) is 101. The van der Waals surface area contributed by atoms with E-state index in [-0.39, 0.29) is 47.8 Å². The molecule has 0 radical (unpaired) electrons. The molecule has 0 saturated heterocycles. The SMILES string of the molecule is Cc1cc(C(=O)Nc2cccc(C(NCC3CC3)c3ccc(C)c(Br)c3)c2)n(-c2cccc(CN)c2)n1.Cc1cc(C(=O)Nc2cccc(C(NCC3CC3)c3ccccc3C)c2)n(-c2cccc(CN)c2)n1.Cc1cc(C(=O)Nc2cccc(C(NCC3CC3)c3ccccc3Cl)c2)n(-c2cccc(CN)c2)n1.Cc1ccc(C(NCC2CC2)c2cccc(NC(=O)c3cc(C)nn3-c3cccc(CN)c3)c2)cc1. The lowest BCUT2D eigenvalue weighted by Crippen LogP contribution is -2.25.